The molecule has 3 heterocycles. The maximum Gasteiger partial charge on any atom is 0.162 e. The molecular formula is C28H31N3O3. The molecule has 0 bridgehead atoms. The van der Waals surface area contributed by atoms with Gasteiger partial charge in [0.25, 0.3) is 0 Å². The average Bonchev–Trinajstić information content (AvgIpc) is 3.09. The first-order valence-corrected chi connectivity index (χ1v) is 11.8. The molecule has 6 nitrogen and oxygen atoms in total. The van der Waals surface area contributed by atoms with E-state index in [1.54, 1.807) is 14.2 Å². The van der Waals surface area contributed by atoms with E-state index in [0.717, 1.165) is 58.9 Å². The van der Waals surface area contributed by atoms with Crippen LogP contribution < -0.4 is 9.47 Å². The van der Waals surface area contributed by atoms with Crippen molar-refractivity contribution in [3.05, 3.63) is 63.6 Å². The van der Waals surface area contributed by atoms with E-state index < -0.39 is 0 Å². The average molecular weight is 458 g/mol. The quantitative estimate of drug-likeness (QED) is 0.658. The number of nitrogens with zero attached hydrogens (tertiary/aromatic N) is 3. The molecule has 0 spiro atoms. The molecule has 1 unspecified atom stereocenters. The molecule has 1 aromatic heterocycles. The second-order valence-corrected chi connectivity index (χ2v) is 10.3. The number of carbonyl (C=O) groups is 1. The summed E-state index contributed by atoms with van der Waals surface area (Å²) in [6.45, 7) is 7.20. The molecule has 1 aromatic carbocycles. The van der Waals surface area contributed by atoms with Crippen molar-refractivity contribution in [3.63, 3.8) is 0 Å². The maximum atomic E-state index is 13.6. The van der Waals surface area contributed by atoms with E-state index in [1.807, 2.05) is 24.6 Å². The SMILES string of the molecule is COc1cc2c(cc1OC)C1=CC(c3cc(C#N)n(C)c3C)C3=C(CC(C)(C)CC3=O)N1CC2. The van der Waals surface area contributed by atoms with Gasteiger partial charge in [0.1, 0.15) is 11.8 Å². The van der Waals surface area contributed by atoms with Crippen molar-refractivity contribution in [1.82, 2.24) is 9.47 Å². The van der Waals surface area contributed by atoms with Crippen LogP contribution in [0, 0.1) is 23.7 Å². The number of fused-ring (bicyclic) bond motifs is 4. The number of rotatable bonds is 3. The molecule has 0 amide bonds. The van der Waals surface area contributed by atoms with Crippen LogP contribution in [0.25, 0.3) is 5.70 Å². The monoisotopic (exact) mass is 457 g/mol. The molecule has 0 saturated heterocycles. The minimum atomic E-state index is -0.183. The highest BCUT2D eigenvalue weighted by Crippen LogP contribution is 2.51. The molecule has 0 radical (unpaired) electrons. The fourth-order valence-electron chi connectivity index (χ4n) is 5.85. The van der Waals surface area contributed by atoms with E-state index in [1.165, 1.54) is 5.56 Å². The predicted octanol–water partition coefficient (Wildman–Crippen LogP) is 4.86. The molecule has 1 atom stereocenters. The Hall–Kier alpha value is -3.46. The number of ketones is 1. The third kappa shape index (κ3) is 3.26. The lowest BCUT2D eigenvalue weighted by Crippen LogP contribution is -2.40. The van der Waals surface area contributed by atoms with Gasteiger partial charge in [-0.3, -0.25) is 4.79 Å². The van der Waals surface area contributed by atoms with Crippen molar-refractivity contribution in [2.45, 2.75) is 46.0 Å². The Balaban J connectivity index is 1.75. The highest BCUT2D eigenvalue weighted by Gasteiger charge is 2.43. The van der Waals surface area contributed by atoms with E-state index in [4.69, 9.17) is 9.47 Å². The van der Waals surface area contributed by atoms with Crippen LogP contribution in [0.3, 0.4) is 0 Å². The van der Waals surface area contributed by atoms with Crippen molar-refractivity contribution < 1.29 is 14.3 Å². The largest absolute Gasteiger partial charge is 0.493 e. The van der Waals surface area contributed by atoms with Crippen molar-refractivity contribution in [3.8, 4) is 17.6 Å². The van der Waals surface area contributed by atoms with E-state index in [2.05, 4.69) is 43.0 Å². The van der Waals surface area contributed by atoms with Crippen LogP contribution in [0.15, 0.2) is 35.5 Å². The number of hydrogen-bond donors (Lipinski definition) is 0. The molecule has 2 aliphatic heterocycles. The molecule has 0 saturated carbocycles. The van der Waals surface area contributed by atoms with E-state index >= 15 is 0 Å². The Kier molecular flexibility index (Phi) is 5.12. The molecular weight excluding hydrogens is 426 g/mol. The number of allylic oxidation sites excluding steroid dienone is 3. The highest BCUT2D eigenvalue weighted by molar-refractivity contribution is 6.01. The molecule has 3 aliphatic rings. The Morgan fingerprint density at radius 2 is 1.82 bits per heavy atom. The Morgan fingerprint density at radius 3 is 2.47 bits per heavy atom. The number of aromatic nitrogens is 1. The number of methoxy groups -OCH3 is 2. The molecule has 5 rings (SSSR count). The third-order valence-corrected chi connectivity index (χ3v) is 7.66. The normalized spacial score (nSPS) is 20.7. The van der Waals surface area contributed by atoms with Gasteiger partial charge in [0.05, 0.1) is 14.2 Å². The van der Waals surface area contributed by atoms with Crippen molar-refractivity contribution in [2.24, 2.45) is 12.5 Å². The Bertz CT molecular complexity index is 1320. The summed E-state index contributed by atoms with van der Waals surface area (Å²) in [6.07, 6.45) is 4.48. The van der Waals surface area contributed by atoms with Crippen LogP contribution in [0.2, 0.25) is 0 Å². The summed E-state index contributed by atoms with van der Waals surface area (Å²) in [7, 11) is 5.23. The van der Waals surface area contributed by atoms with E-state index in [9.17, 15) is 10.1 Å². The number of ether oxygens (including phenoxy) is 2. The van der Waals surface area contributed by atoms with Gasteiger partial charge >= 0.3 is 0 Å². The van der Waals surface area contributed by atoms with Gasteiger partial charge in [-0.25, -0.2) is 0 Å². The number of carbonyl (C=O) groups excluding carboxylic acids is 1. The van der Waals surface area contributed by atoms with Crippen LogP contribution in [0.4, 0.5) is 0 Å². The predicted molar refractivity (Wildman–Crippen MR) is 131 cm³/mol. The summed E-state index contributed by atoms with van der Waals surface area (Å²) < 4.78 is 13.1. The van der Waals surface area contributed by atoms with Crippen LogP contribution in [-0.2, 0) is 18.3 Å². The highest BCUT2D eigenvalue weighted by atomic mass is 16.5. The summed E-state index contributed by atoms with van der Waals surface area (Å²) in [5.41, 5.74) is 8.02. The summed E-state index contributed by atoms with van der Waals surface area (Å²) in [6, 6.07) is 8.37. The number of nitriles is 1. The van der Waals surface area contributed by atoms with Crippen LogP contribution in [0.5, 0.6) is 11.5 Å². The van der Waals surface area contributed by atoms with Crippen molar-refractivity contribution >= 4 is 11.5 Å². The lowest BCUT2D eigenvalue weighted by atomic mass is 9.69. The van der Waals surface area contributed by atoms with Gasteiger partial charge in [-0.1, -0.05) is 13.8 Å². The second kappa shape index (κ2) is 7.80. The zero-order valence-corrected chi connectivity index (χ0v) is 20.8. The second-order valence-electron chi connectivity index (χ2n) is 10.3. The molecule has 6 heteroatoms. The first kappa shape index (κ1) is 22.3. The molecule has 0 N–H and O–H groups in total. The number of benzene rings is 1. The summed E-state index contributed by atoms with van der Waals surface area (Å²) in [5, 5.41) is 9.63. The Morgan fingerprint density at radius 1 is 1.12 bits per heavy atom. The van der Waals surface area contributed by atoms with Gasteiger partial charge in [-0.05, 0) is 60.6 Å². The lowest BCUT2D eigenvalue weighted by molar-refractivity contribution is -0.118. The standard InChI is InChI=1S/C28H31N3O3/c1-16-19(10-18(15-29)30(16)4)21-11-22-20-12-26(34-6)25(33-5)9-17(20)7-8-31(22)23-13-28(2,3)14-24(32)27(21)23/h9-12,21H,7-8,13-14H2,1-6H3. The molecule has 176 valence electrons. The van der Waals surface area contributed by atoms with Gasteiger partial charge in [0.2, 0.25) is 0 Å². The van der Waals surface area contributed by atoms with Gasteiger partial charge in [-0.15, -0.1) is 0 Å². The molecule has 34 heavy (non-hydrogen) atoms. The first-order chi connectivity index (χ1) is 16.2. The van der Waals surface area contributed by atoms with E-state index in [-0.39, 0.29) is 17.1 Å². The minimum Gasteiger partial charge on any atom is -0.493 e. The molecule has 0 fully saturated rings. The van der Waals surface area contributed by atoms with Crippen LogP contribution in [0.1, 0.15) is 60.7 Å². The van der Waals surface area contributed by atoms with Gasteiger partial charge in [0, 0.05) is 54.2 Å². The first-order valence-electron chi connectivity index (χ1n) is 11.8. The third-order valence-electron chi connectivity index (χ3n) is 7.66. The van der Waals surface area contributed by atoms with Crippen LogP contribution in [-0.4, -0.2) is 36.0 Å². The topological polar surface area (TPSA) is 67.5 Å². The summed E-state index contributed by atoms with van der Waals surface area (Å²) in [5.74, 6) is 1.46. The van der Waals surface area contributed by atoms with Crippen molar-refractivity contribution in [2.75, 3.05) is 20.8 Å². The molecule has 1 aliphatic carbocycles. The fraction of sp³-hybridized carbons (Fsp3) is 0.429. The van der Waals surface area contributed by atoms with Crippen molar-refractivity contribution in [1.29, 1.82) is 5.26 Å². The number of Topliss-reactive ketones (excluding diaryl/α,β-unsaturated/α-hetero) is 1. The van der Waals surface area contributed by atoms with Gasteiger partial charge in [0.15, 0.2) is 17.3 Å². The lowest BCUT2D eigenvalue weighted by Gasteiger charge is -2.46. The number of hydrogen-bond acceptors (Lipinski definition) is 5. The smallest absolute Gasteiger partial charge is 0.162 e. The van der Waals surface area contributed by atoms with Gasteiger partial charge in [-0.2, -0.15) is 5.26 Å². The van der Waals surface area contributed by atoms with E-state index in [0.29, 0.717) is 17.9 Å². The summed E-state index contributed by atoms with van der Waals surface area (Å²) in [4.78, 5) is 15.9. The summed E-state index contributed by atoms with van der Waals surface area (Å²) >= 11 is 0. The fourth-order valence-corrected chi connectivity index (χ4v) is 5.85. The zero-order valence-electron chi connectivity index (χ0n) is 20.8. The van der Waals surface area contributed by atoms with Crippen LogP contribution >= 0.6 is 0 Å². The Labute approximate surface area is 201 Å². The molecule has 2 aromatic rings. The minimum absolute atomic E-state index is 0.0929. The maximum absolute atomic E-state index is 13.6. The zero-order chi connectivity index (χ0) is 24.4. The van der Waals surface area contributed by atoms with Gasteiger partial charge < -0.3 is 18.9 Å².